The van der Waals surface area contributed by atoms with Crippen molar-refractivity contribution in [2.24, 2.45) is 5.92 Å². The molecule has 0 fully saturated rings. The van der Waals surface area contributed by atoms with Gasteiger partial charge in [0.05, 0.1) is 0 Å². The second kappa shape index (κ2) is 6.95. The van der Waals surface area contributed by atoms with Gasteiger partial charge in [0.15, 0.2) is 17.5 Å². The molecule has 1 radical (unpaired) electrons. The molecule has 75 valence electrons. The maximum absolute atomic E-state index is 11.0. The minimum absolute atomic E-state index is 0. The van der Waals surface area contributed by atoms with E-state index in [-0.39, 0.29) is 32.7 Å². The molecule has 5 nitrogen and oxygen atoms in total. The molecule has 0 amide bonds. The van der Waals surface area contributed by atoms with Crippen molar-refractivity contribution in [3.63, 3.8) is 0 Å². The van der Waals surface area contributed by atoms with Crippen LogP contribution in [0.15, 0.2) is 0 Å². The molecule has 0 aliphatic carbocycles. The summed E-state index contributed by atoms with van der Waals surface area (Å²) in [5, 5.41) is 0. The average Bonchev–Trinajstić information content (AvgIpc) is 1.81. The standard InChI is InChI=1S/C8H10O5.Y/c1-4(9)7(5(2)10)8(12)13-6(3)11;/h7H,1-3H3;. The zero-order chi connectivity index (χ0) is 10.6. The summed E-state index contributed by atoms with van der Waals surface area (Å²) in [6, 6.07) is 0. The van der Waals surface area contributed by atoms with Crippen molar-refractivity contribution < 1.29 is 56.6 Å². The molecule has 0 aromatic rings. The first-order valence-electron chi connectivity index (χ1n) is 3.59. The van der Waals surface area contributed by atoms with E-state index in [1.807, 2.05) is 0 Å². The first kappa shape index (κ1) is 16.0. The van der Waals surface area contributed by atoms with Crippen LogP contribution in [0.25, 0.3) is 0 Å². The van der Waals surface area contributed by atoms with E-state index in [9.17, 15) is 19.2 Å². The van der Waals surface area contributed by atoms with E-state index in [0.717, 1.165) is 20.8 Å². The van der Waals surface area contributed by atoms with Crippen LogP contribution in [0.2, 0.25) is 0 Å². The third kappa shape index (κ3) is 5.34. The van der Waals surface area contributed by atoms with Crippen LogP contribution in [0.4, 0.5) is 0 Å². The number of rotatable bonds is 3. The summed E-state index contributed by atoms with van der Waals surface area (Å²) in [6.45, 7) is 3.20. The van der Waals surface area contributed by atoms with Crippen molar-refractivity contribution in [1.82, 2.24) is 0 Å². The SMILES string of the molecule is CC(=O)OC(=O)C(C(C)=O)C(C)=O.[Y]. The van der Waals surface area contributed by atoms with Gasteiger partial charge in [-0.15, -0.1) is 0 Å². The van der Waals surface area contributed by atoms with Gasteiger partial charge in [-0.25, -0.2) is 0 Å². The van der Waals surface area contributed by atoms with Crippen molar-refractivity contribution in [2.45, 2.75) is 20.8 Å². The molecule has 0 heterocycles. The van der Waals surface area contributed by atoms with Gasteiger partial charge in [0, 0.05) is 39.6 Å². The quantitative estimate of drug-likeness (QED) is 0.529. The van der Waals surface area contributed by atoms with E-state index in [0.29, 0.717) is 0 Å². The zero-order valence-electron chi connectivity index (χ0n) is 8.20. The summed E-state index contributed by atoms with van der Waals surface area (Å²) in [7, 11) is 0. The predicted octanol–water partition coefficient (Wildman–Crippen LogP) is -0.132. The number of hydrogen-bond acceptors (Lipinski definition) is 5. The Labute approximate surface area is 106 Å². The Morgan fingerprint density at radius 1 is 0.929 bits per heavy atom. The van der Waals surface area contributed by atoms with Gasteiger partial charge in [-0.05, 0) is 13.8 Å². The maximum Gasteiger partial charge on any atom is 0.331 e. The summed E-state index contributed by atoms with van der Waals surface area (Å²) in [4.78, 5) is 42.8. The van der Waals surface area contributed by atoms with Crippen molar-refractivity contribution in [3.05, 3.63) is 0 Å². The molecule has 0 saturated carbocycles. The van der Waals surface area contributed by atoms with Crippen LogP contribution in [-0.2, 0) is 56.6 Å². The molecule has 0 aromatic heterocycles. The Kier molecular flexibility index (Phi) is 7.96. The summed E-state index contributed by atoms with van der Waals surface area (Å²) in [5.41, 5.74) is 0. The fourth-order valence-electron chi connectivity index (χ4n) is 0.819. The zero-order valence-corrected chi connectivity index (χ0v) is 11.0. The molecule has 0 aromatic carbocycles. The van der Waals surface area contributed by atoms with E-state index in [1.54, 1.807) is 0 Å². The number of esters is 2. The van der Waals surface area contributed by atoms with Crippen LogP contribution in [-0.4, -0.2) is 23.5 Å². The Morgan fingerprint density at radius 3 is 1.50 bits per heavy atom. The topological polar surface area (TPSA) is 77.5 Å². The first-order valence-corrected chi connectivity index (χ1v) is 3.59. The fourth-order valence-corrected chi connectivity index (χ4v) is 0.819. The van der Waals surface area contributed by atoms with Crippen LogP contribution in [0.3, 0.4) is 0 Å². The van der Waals surface area contributed by atoms with Crippen LogP contribution in [0.1, 0.15) is 20.8 Å². The third-order valence-corrected chi connectivity index (χ3v) is 1.29. The number of carbonyl (C=O) groups excluding carboxylic acids is 4. The van der Waals surface area contributed by atoms with Gasteiger partial charge >= 0.3 is 11.9 Å². The Bertz CT molecular complexity index is 257. The van der Waals surface area contributed by atoms with Gasteiger partial charge in [-0.3, -0.25) is 19.2 Å². The molecule has 0 atom stereocenters. The first-order chi connectivity index (χ1) is 5.86. The number of carbonyl (C=O) groups is 4. The van der Waals surface area contributed by atoms with Crippen molar-refractivity contribution in [3.8, 4) is 0 Å². The minimum Gasteiger partial charge on any atom is -0.392 e. The second-order valence-corrected chi connectivity index (χ2v) is 2.57. The van der Waals surface area contributed by atoms with Gasteiger partial charge in [0.1, 0.15) is 0 Å². The van der Waals surface area contributed by atoms with Crippen molar-refractivity contribution in [2.75, 3.05) is 0 Å². The predicted molar refractivity (Wildman–Crippen MR) is 41.6 cm³/mol. The van der Waals surface area contributed by atoms with Crippen LogP contribution >= 0.6 is 0 Å². The van der Waals surface area contributed by atoms with E-state index >= 15 is 0 Å². The monoisotopic (exact) mass is 275 g/mol. The molecule has 14 heavy (non-hydrogen) atoms. The van der Waals surface area contributed by atoms with E-state index < -0.39 is 29.4 Å². The molecule has 0 aliphatic heterocycles. The number of ketones is 2. The molecule has 0 aliphatic rings. The molecule has 0 unspecified atom stereocenters. The summed E-state index contributed by atoms with van der Waals surface area (Å²) >= 11 is 0. The molecule has 0 rings (SSSR count). The molecule has 0 N–H and O–H groups in total. The Balaban J connectivity index is 0. The number of Topliss-reactive ketones (excluding diaryl/α,β-unsaturated/α-hetero) is 2. The molecular formula is C8H10O5Y. The number of ether oxygens (including phenoxy) is 1. The van der Waals surface area contributed by atoms with E-state index in [4.69, 9.17) is 0 Å². The van der Waals surface area contributed by atoms with Crippen molar-refractivity contribution in [1.29, 1.82) is 0 Å². The fraction of sp³-hybridized carbons (Fsp3) is 0.500. The summed E-state index contributed by atoms with van der Waals surface area (Å²) in [6.07, 6.45) is 0. The third-order valence-electron chi connectivity index (χ3n) is 1.29. The van der Waals surface area contributed by atoms with Gasteiger partial charge in [0.2, 0.25) is 0 Å². The van der Waals surface area contributed by atoms with Gasteiger partial charge in [0.25, 0.3) is 0 Å². The largest absolute Gasteiger partial charge is 0.392 e. The van der Waals surface area contributed by atoms with E-state index in [2.05, 4.69) is 4.74 Å². The van der Waals surface area contributed by atoms with Crippen LogP contribution in [0, 0.1) is 5.92 Å². The molecular weight excluding hydrogens is 265 g/mol. The van der Waals surface area contributed by atoms with E-state index in [1.165, 1.54) is 0 Å². The van der Waals surface area contributed by atoms with Gasteiger partial charge in [-0.2, -0.15) is 0 Å². The van der Waals surface area contributed by atoms with Crippen LogP contribution in [0.5, 0.6) is 0 Å². The molecule has 0 bridgehead atoms. The van der Waals surface area contributed by atoms with Gasteiger partial charge in [-0.1, -0.05) is 0 Å². The minimum atomic E-state index is -1.47. The van der Waals surface area contributed by atoms with Crippen LogP contribution < -0.4 is 0 Å². The number of hydrogen-bond donors (Lipinski definition) is 0. The Morgan fingerprint density at radius 2 is 1.29 bits per heavy atom. The normalized spacial score (nSPS) is 8.86. The summed E-state index contributed by atoms with van der Waals surface area (Å²) < 4.78 is 4.12. The molecule has 0 saturated heterocycles. The average molecular weight is 275 g/mol. The molecule has 0 spiro atoms. The summed E-state index contributed by atoms with van der Waals surface area (Å²) in [5.74, 6) is -4.66. The van der Waals surface area contributed by atoms with Gasteiger partial charge < -0.3 is 4.74 Å². The second-order valence-electron chi connectivity index (χ2n) is 2.57. The Hall–Kier alpha value is -0.416. The maximum atomic E-state index is 11.0. The smallest absolute Gasteiger partial charge is 0.331 e. The molecule has 6 heteroatoms. The van der Waals surface area contributed by atoms with Crippen molar-refractivity contribution >= 4 is 23.5 Å².